The molecule has 0 aliphatic heterocycles. The van der Waals surface area contributed by atoms with Gasteiger partial charge in [-0.25, -0.2) is 9.97 Å². The van der Waals surface area contributed by atoms with E-state index < -0.39 is 6.36 Å². The second-order valence-electron chi connectivity index (χ2n) is 8.68. The third-order valence-corrected chi connectivity index (χ3v) is 6.65. The van der Waals surface area contributed by atoms with Gasteiger partial charge in [-0.15, -0.1) is 13.2 Å². The number of fused-ring (bicyclic) bond motifs is 1. The molecule has 2 aromatic heterocycles. The van der Waals surface area contributed by atoms with Crippen LogP contribution >= 0.6 is 11.6 Å². The summed E-state index contributed by atoms with van der Waals surface area (Å²) in [5, 5.41) is 0.366. The highest BCUT2D eigenvalue weighted by Gasteiger charge is 2.32. The molecule has 38 heavy (non-hydrogen) atoms. The predicted molar refractivity (Wildman–Crippen MR) is 138 cm³/mol. The molecule has 0 amide bonds. The zero-order chi connectivity index (χ0) is 27.0. The van der Waals surface area contributed by atoms with Crippen LogP contribution in [0.5, 0.6) is 11.5 Å². The van der Waals surface area contributed by atoms with E-state index in [0.717, 1.165) is 34.6 Å². The van der Waals surface area contributed by atoms with E-state index in [-0.39, 0.29) is 11.7 Å². The number of anilines is 3. The highest BCUT2D eigenvalue weighted by Crippen LogP contribution is 2.41. The van der Waals surface area contributed by atoms with Crippen LogP contribution < -0.4 is 20.1 Å². The maximum absolute atomic E-state index is 12.6. The van der Waals surface area contributed by atoms with Crippen LogP contribution in [-0.2, 0) is 6.42 Å². The maximum Gasteiger partial charge on any atom is 0.573 e. The number of ether oxygens (including phenoxy) is 2. The minimum atomic E-state index is -4.74. The van der Waals surface area contributed by atoms with Gasteiger partial charge in [0.2, 0.25) is 5.95 Å². The number of aromatic nitrogens is 4. The molecule has 0 bridgehead atoms. The molecule has 0 saturated heterocycles. The first-order valence-electron chi connectivity index (χ1n) is 11.8. The Morgan fingerprint density at radius 3 is 2.55 bits per heavy atom. The topological polar surface area (TPSA) is 91.3 Å². The second kappa shape index (κ2) is 10.1. The highest BCUT2D eigenvalue weighted by atomic mass is 35.5. The summed E-state index contributed by atoms with van der Waals surface area (Å²) < 4.78 is 49.1. The second-order valence-corrected chi connectivity index (χ2v) is 9.07. The smallest absolute Gasteiger partial charge is 0.494 e. The molecule has 2 N–H and O–H groups in total. The number of hydrogen-bond acceptors (Lipinski definition) is 7. The Kier molecular flexibility index (Phi) is 6.78. The minimum absolute atomic E-state index is 0.129. The van der Waals surface area contributed by atoms with E-state index in [1.807, 2.05) is 30.0 Å². The largest absolute Gasteiger partial charge is 0.573 e. The van der Waals surface area contributed by atoms with E-state index in [4.69, 9.17) is 27.1 Å². The van der Waals surface area contributed by atoms with Crippen molar-refractivity contribution in [1.29, 1.82) is 0 Å². The fourth-order valence-electron chi connectivity index (χ4n) is 4.74. The van der Waals surface area contributed by atoms with Crippen molar-refractivity contribution in [3.8, 4) is 17.2 Å². The van der Waals surface area contributed by atoms with Gasteiger partial charge in [-0.3, -0.25) is 0 Å². The molecule has 2 heterocycles. The lowest BCUT2D eigenvalue weighted by Crippen LogP contribution is -2.21. The quantitative estimate of drug-likeness (QED) is 0.303. The van der Waals surface area contributed by atoms with E-state index in [1.165, 1.54) is 12.1 Å². The first-order chi connectivity index (χ1) is 18.2. The Balaban J connectivity index is 1.48. The predicted octanol–water partition coefficient (Wildman–Crippen LogP) is 6.04. The van der Waals surface area contributed by atoms with Crippen LogP contribution in [0.4, 0.5) is 30.6 Å². The summed E-state index contributed by atoms with van der Waals surface area (Å²) in [4.78, 5) is 15.5. The number of benzene rings is 2. The summed E-state index contributed by atoms with van der Waals surface area (Å²) >= 11 is 5.98. The standard InChI is InChI=1S/C26H24ClF3N6O2/c1-3-36(16-6-11-20(21(12-16)37-2)35-13-22(27)32-14-35)25-33-23-18(9-10-19(23)24(31)34-25)15-4-7-17(8-5-15)38-26(28,29)30/h4-8,11-14,18H,3,9-10H2,1-2H3,(H2,31,33,34). The van der Waals surface area contributed by atoms with Crippen LogP contribution in [0.15, 0.2) is 55.0 Å². The summed E-state index contributed by atoms with van der Waals surface area (Å²) in [6.07, 6.45) is -0.0603. The third kappa shape index (κ3) is 5.06. The van der Waals surface area contributed by atoms with Gasteiger partial charge in [0.25, 0.3) is 0 Å². The van der Waals surface area contributed by atoms with Crippen molar-refractivity contribution < 1.29 is 22.6 Å². The molecule has 5 rings (SSSR count). The average Bonchev–Trinajstić information content (AvgIpc) is 3.51. The molecule has 2 aromatic carbocycles. The van der Waals surface area contributed by atoms with Crippen LogP contribution in [0.2, 0.25) is 5.15 Å². The lowest BCUT2D eigenvalue weighted by atomic mass is 9.96. The Hall–Kier alpha value is -3.99. The minimum Gasteiger partial charge on any atom is -0.494 e. The van der Waals surface area contributed by atoms with Crippen molar-refractivity contribution in [1.82, 2.24) is 19.5 Å². The van der Waals surface area contributed by atoms with Gasteiger partial charge in [0.05, 0.1) is 18.5 Å². The number of alkyl halides is 3. The van der Waals surface area contributed by atoms with Gasteiger partial charge in [0.15, 0.2) is 0 Å². The van der Waals surface area contributed by atoms with Crippen molar-refractivity contribution in [2.75, 3.05) is 24.3 Å². The Morgan fingerprint density at radius 1 is 1.16 bits per heavy atom. The number of methoxy groups -OCH3 is 1. The molecule has 4 aromatic rings. The van der Waals surface area contributed by atoms with Crippen molar-refractivity contribution in [2.24, 2.45) is 0 Å². The van der Waals surface area contributed by atoms with Crippen LogP contribution in [0.1, 0.15) is 36.1 Å². The number of nitrogen functional groups attached to an aromatic ring is 1. The molecule has 1 unspecified atom stereocenters. The van der Waals surface area contributed by atoms with Gasteiger partial charge in [0, 0.05) is 36.0 Å². The fraction of sp³-hybridized carbons (Fsp3) is 0.269. The molecule has 198 valence electrons. The SMILES string of the molecule is CCN(c1ccc(-n2cnc(Cl)c2)c(OC)c1)c1nc(N)c2c(n1)C(c1ccc(OC(F)(F)F)cc1)CC2. The van der Waals surface area contributed by atoms with Gasteiger partial charge in [-0.2, -0.15) is 4.98 Å². The molecular weight excluding hydrogens is 521 g/mol. The molecular formula is C26H24ClF3N6O2. The highest BCUT2D eigenvalue weighted by molar-refractivity contribution is 6.29. The van der Waals surface area contributed by atoms with Crippen LogP contribution in [0.25, 0.3) is 5.69 Å². The number of imidazole rings is 1. The first kappa shape index (κ1) is 25.7. The molecule has 1 atom stereocenters. The van der Waals surface area contributed by atoms with Gasteiger partial charge in [0.1, 0.15) is 28.8 Å². The van der Waals surface area contributed by atoms with Crippen LogP contribution in [0.3, 0.4) is 0 Å². The van der Waals surface area contributed by atoms with Crippen LogP contribution in [0, 0.1) is 0 Å². The van der Waals surface area contributed by atoms with Crippen molar-refractivity contribution in [3.05, 3.63) is 77.0 Å². The summed E-state index contributed by atoms with van der Waals surface area (Å²) in [7, 11) is 1.58. The first-order valence-corrected chi connectivity index (χ1v) is 12.2. The van der Waals surface area contributed by atoms with E-state index in [9.17, 15) is 13.2 Å². The summed E-state index contributed by atoms with van der Waals surface area (Å²) in [5.74, 6) is 1.02. The molecule has 0 saturated carbocycles. The monoisotopic (exact) mass is 544 g/mol. The van der Waals surface area contributed by atoms with Crippen molar-refractivity contribution in [2.45, 2.75) is 32.0 Å². The van der Waals surface area contributed by atoms with Crippen LogP contribution in [-0.4, -0.2) is 39.5 Å². The molecule has 8 nitrogen and oxygen atoms in total. The zero-order valence-corrected chi connectivity index (χ0v) is 21.3. The Bertz CT molecular complexity index is 1460. The average molecular weight is 545 g/mol. The lowest BCUT2D eigenvalue weighted by Gasteiger charge is -2.24. The normalized spacial score (nSPS) is 14.8. The number of halogens is 4. The van der Waals surface area contributed by atoms with E-state index in [2.05, 4.69) is 14.7 Å². The summed E-state index contributed by atoms with van der Waals surface area (Å²) in [5.41, 5.74) is 10.4. The summed E-state index contributed by atoms with van der Waals surface area (Å²) in [6.45, 7) is 2.52. The van der Waals surface area contributed by atoms with Gasteiger partial charge in [-0.1, -0.05) is 23.7 Å². The molecule has 0 fully saturated rings. The Morgan fingerprint density at radius 2 is 1.92 bits per heavy atom. The maximum atomic E-state index is 12.6. The molecule has 0 radical (unpaired) electrons. The molecule has 0 spiro atoms. The van der Waals surface area contributed by atoms with Crippen molar-refractivity contribution >= 4 is 29.1 Å². The van der Waals surface area contributed by atoms with E-state index in [0.29, 0.717) is 35.6 Å². The summed E-state index contributed by atoms with van der Waals surface area (Å²) in [6, 6.07) is 11.6. The number of hydrogen-bond donors (Lipinski definition) is 1. The number of nitrogens with two attached hydrogens (primary N) is 1. The molecule has 1 aliphatic carbocycles. The van der Waals surface area contributed by atoms with Gasteiger partial charge in [-0.05, 0) is 49.6 Å². The molecule has 1 aliphatic rings. The lowest BCUT2D eigenvalue weighted by molar-refractivity contribution is -0.274. The Labute approximate surface area is 221 Å². The van der Waals surface area contributed by atoms with E-state index in [1.54, 1.807) is 36.3 Å². The molecule has 12 heteroatoms. The number of nitrogens with zero attached hydrogens (tertiary/aromatic N) is 5. The fourth-order valence-corrected chi connectivity index (χ4v) is 4.89. The number of rotatable bonds is 7. The third-order valence-electron chi connectivity index (χ3n) is 6.45. The van der Waals surface area contributed by atoms with Crippen molar-refractivity contribution in [3.63, 3.8) is 0 Å². The zero-order valence-electron chi connectivity index (χ0n) is 20.5. The van der Waals surface area contributed by atoms with Gasteiger partial charge >= 0.3 is 6.36 Å². The van der Waals surface area contributed by atoms with Gasteiger partial charge < -0.3 is 24.7 Å². The van der Waals surface area contributed by atoms with E-state index >= 15 is 0 Å².